The molecule has 15 nitrogen and oxygen atoms in total. The van der Waals surface area contributed by atoms with Crippen LogP contribution < -0.4 is 9.47 Å². The Balaban J connectivity index is 1.89. The summed E-state index contributed by atoms with van der Waals surface area (Å²) in [5, 5.41) is 0. The summed E-state index contributed by atoms with van der Waals surface area (Å²) in [4.78, 5) is 87.0. The molecule has 0 bridgehead atoms. The fraction of sp³-hybridized carbons (Fsp3) is 0.540. The Labute approximate surface area is 382 Å². The van der Waals surface area contributed by atoms with Crippen molar-refractivity contribution >= 4 is 41.8 Å². The fourth-order valence-electron chi connectivity index (χ4n) is 6.98. The minimum absolute atomic E-state index is 0.0804. The van der Waals surface area contributed by atoms with Gasteiger partial charge in [-0.3, -0.25) is 24.0 Å². The summed E-state index contributed by atoms with van der Waals surface area (Å²) in [6, 6.07) is 12.7. The average molecular weight is 907 g/mol. The molecule has 356 valence electrons. The van der Waals surface area contributed by atoms with E-state index in [4.69, 9.17) is 28.4 Å². The Bertz CT molecular complexity index is 1910. The molecule has 1 aliphatic carbocycles. The summed E-state index contributed by atoms with van der Waals surface area (Å²) in [7, 11) is 2.37. The summed E-state index contributed by atoms with van der Waals surface area (Å²) in [5.74, 6) is -2.93. The van der Waals surface area contributed by atoms with Crippen molar-refractivity contribution < 1.29 is 71.5 Å². The first-order valence-electron chi connectivity index (χ1n) is 22.3. The zero-order valence-electron chi connectivity index (χ0n) is 38.7. The van der Waals surface area contributed by atoms with Crippen LogP contribution in [0.2, 0.25) is 0 Å². The number of ether oxygens (including phenoxy) is 8. The van der Waals surface area contributed by atoms with Crippen LogP contribution in [0.3, 0.4) is 0 Å². The van der Waals surface area contributed by atoms with Crippen LogP contribution in [0.1, 0.15) is 110 Å². The number of rotatable bonds is 28. The molecule has 0 radical (unpaired) electrons. The summed E-state index contributed by atoms with van der Waals surface area (Å²) >= 11 is 0. The van der Waals surface area contributed by atoms with Gasteiger partial charge in [0.1, 0.15) is 43.3 Å². The number of carbonyl (C=O) groups excluding carboxylic acids is 7. The zero-order chi connectivity index (χ0) is 47.8. The lowest BCUT2D eigenvalue weighted by Crippen LogP contribution is -2.44. The van der Waals surface area contributed by atoms with Crippen LogP contribution >= 0.6 is 0 Å². The molecular weight excluding hydrogens is 841 g/mol. The van der Waals surface area contributed by atoms with Crippen LogP contribution in [0, 0.1) is 17.3 Å². The first kappa shape index (κ1) is 53.3. The molecule has 0 saturated heterocycles. The van der Waals surface area contributed by atoms with Crippen molar-refractivity contribution in [2.24, 2.45) is 17.3 Å². The van der Waals surface area contributed by atoms with Crippen molar-refractivity contribution in [3.63, 3.8) is 0 Å². The van der Waals surface area contributed by atoms with Gasteiger partial charge in [0.2, 0.25) is 0 Å². The van der Waals surface area contributed by atoms with Crippen LogP contribution in [0.25, 0.3) is 11.1 Å². The van der Waals surface area contributed by atoms with E-state index in [9.17, 15) is 33.6 Å². The highest BCUT2D eigenvalue weighted by Crippen LogP contribution is 2.34. The van der Waals surface area contributed by atoms with Gasteiger partial charge in [-0.05, 0) is 99.2 Å². The molecule has 65 heavy (non-hydrogen) atoms. The highest BCUT2D eigenvalue weighted by Gasteiger charge is 2.38. The van der Waals surface area contributed by atoms with Crippen molar-refractivity contribution in [2.75, 3.05) is 47.3 Å². The van der Waals surface area contributed by atoms with Crippen LogP contribution in [-0.4, -0.2) is 89.0 Å². The number of hydrogen-bond acceptors (Lipinski definition) is 15. The van der Waals surface area contributed by atoms with Gasteiger partial charge in [0, 0.05) is 11.1 Å². The summed E-state index contributed by atoms with van der Waals surface area (Å²) in [6.07, 6.45) is 8.27. The second kappa shape index (κ2) is 28.0. The van der Waals surface area contributed by atoms with Crippen LogP contribution in [0.5, 0.6) is 11.5 Å². The number of hydrogen-bond donors (Lipinski definition) is 0. The lowest BCUT2D eigenvalue weighted by atomic mass is 9.80. The molecule has 0 aliphatic heterocycles. The fourth-order valence-corrected chi connectivity index (χ4v) is 6.98. The van der Waals surface area contributed by atoms with Crippen LogP contribution in [0.4, 0.5) is 0 Å². The minimum atomic E-state index is -1.51. The van der Waals surface area contributed by atoms with E-state index in [-0.39, 0.29) is 61.9 Å². The monoisotopic (exact) mass is 906 g/mol. The third-order valence-electron chi connectivity index (χ3n) is 11.0. The van der Waals surface area contributed by atoms with Gasteiger partial charge < -0.3 is 37.9 Å². The summed E-state index contributed by atoms with van der Waals surface area (Å²) < 4.78 is 43.5. The maximum Gasteiger partial charge on any atom is 0.333 e. The Hall–Kier alpha value is -5.99. The van der Waals surface area contributed by atoms with E-state index in [1.165, 1.54) is 46.8 Å². The molecule has 0 heterocycles. The predicted molar refractivity (Wildman–Crippen MR) is 239 cm³/mol. The molecule has 2 aromatic carbocycles. The molecule has 0 N–H and O–H groups in total. The van der Waals surface area contributed by atoms with Gasteiger partial charge in [-0.15, -0.1) is 0 Å². The Morgan fingerprint density at radius 2 is 1.17 bits per heavy atom. The summed E-state index contributed by atoms with van der Waals surface area (Å²) in [6.45, 7) is 10.8. The highest BCUT2D eigenvalue weighted by atomic mass is 16.6. The number of benzene rings is 2. The normalized spacial score (nSPS) is 14.5. The molecule has 0 atom stereocenters. The molecule has 0 spiro atoms. The molecule has 2 aromatic rings. The molecular formula is C50H66O15. The molecule has 1 aliphatic rings. The van der Waals surface area contributed by atoms with E-state index in [0.717, 1.165) is 36.8 Å². The Kier molecular flexibility index (Phi) is 23.0. The van der Waals surface area contributed by atoms with E-state index in [1.807, 2.05) is 24.3 Å². The van der Waals surface area contributed by atoms with Gasteiger partial charge >= 0.3 is 41.8 Å². The molecule has 1 saturated carbocycles. The molecule has 0 aromatic heterocycles. The number of methoxy groups -OCH3 is 2. The highest BCUT2D eigenvalue weighted by molar-refractivity contribution is 5.87. The quantitative estimate of drug-likeness (QED) is 0.0261. The van der Waals surface area contributed by atoms with Gasteiger partial charge in [-0.1, -0.05) is 64.0 Å². The number of esters is 7. The summed E-state index contributed by atoms with van der Waals surface area (Å²) in [5.41, 5.74) is 1.13. The second-order valence-electron chi connectivity index (χ2n) is 16.6. The standard InChI is InChI=1S/C50H66O15/c1-8-9-10-12-36-14-16-38(17-15-36)49(57)65-41-21-18-37(19-22-41)39-20-23-42(40(29-39)13-11-28-60-47(55)34(2)3)61-30-50(33-64-48(56)35(4)5,31-62-45(53)26-24-43(51)58-6)32-63-46(54)27-25-44(52)59-7/h18-23,29,36,38H,2,4,8-17,24-28,30-33H2,1,3,5-7H3. The number of unbranched alkanes of at least 4 members (excludes halogenated alkanes) is 2. The van der Waals surface area contributed by atoms with Crippen molar-refractivity contribution in [1.82, 2.24) is 0 Å². The van der Waals surface area contributed by atoms with Gasteiger partial charge in [0.25, 0.3) is 0 Å². The number of carbonyl (C=O) groups is 7. The molecule has 1 fully saturated rings. The smallest absolute Gasteiger partial charge is 0.333 e. The first-order valence-corrected chi connectivity index (χ1v) is 22.3. The van der Waals surface area contributed by atoms with Crippen molar-refractivity contribution in [3.8, 4) is 22.6 Å². The molecule has 0 unspecified atom stereocenters. The SMILES string of the molecule is C=C(C)C(=O)OCCCc1cc(-c2ccc(OC(=O)C3CCC(CCCCC)CC3)cc2)ccc1OCC(COC(=O)CCC(=O)OC)(COC(=O)CCC(=O)OC)COC(=O)C(=C)C. The molecule has 3 rings (SSSR count). The van der Waals surface area contributed by atoms with E-state index >= 15 is 0 Å². The van der Waals surface area contributed by atoms with Gasteiger partial charge in [0.15, 0.2) is 0 Å². The van der Waals surface area contributed by atoms with E-state index in [1.54, 1.807) is 25.1 Å². The first-order chi connectivity index (χ1) is 31.1. The predicted octanol–water partition coefficient (Wildman–Crippen LogP) is 8.17. The second-order valence-corrected chi connectivity index (χ2v) is 16.6. The maximum absolute atomic E-state index is 13.1. The zero-order valence-corrected chi connectivity index (χ0v) is 38.7. The average Bonchev–Trinajstić information content (AvgIpc) is 3.31. The van der Waals surface area contributed by atoms with Crippen molar-refractivity contribution in [3.05, 3.63) is 72.3 Å². The lowest BCUT2D eigenvalue weighted by molar-refractivity contribution is -0.165. The largest absolute Gasteiger partial charge is 0.492 e. The van der Waals surface area contributed by atoms with E-state index in [2.05, 4.69) is 29.6 Å². The molecule has 0 amide bonds. The number of aryl methyl sites for hydroxylation is 1. The van der Waals surface area contributed by atoms with Gasteiger partial charge in [-0.2, -0.15) is 0 Å². The topological polar surface area (TPSA) is 193 Å². The van der Waals surface area contributed by atoms with Gasteiger partial charge in [0.05, 0.1) is 52.4 Å². The third kappa shape index (κ3) is 19.3. The van der Waals surface area contributed by atoms with E-state index < -0.39 is 61.1 Å². The van der Waals surface area contributed by atoms with Crippen LogP contribution in [0.15, 0.2) is 66.8 Å². The Morgan fingerprint density at radius 1 is 0.631 bits per heavy atom. The molecule has 15 heteroatoms. The van der Waals surface area contributed by atoms with Gasteiger partial charge in [-0.25, -0.2) is 9.59 Å². The van der Waals surface area contributed by atoms with Crippen LogP contribution in [-0.2, 0) is 68.4 Å². The van der Waals surface area contributed by atoms with E-state index in [0.29, 0.717) is 35.8 Å². The Morgan fingerprint density at radius 3 is 1.72 bits per heavy atom. The lowest BCUT2D eigenvalue weighted by Gasteiger charge is -2.32. The maximum atomic E-state index is 13.1. The van der Waals surface area contributed by atoms with Crippen molar-refractivity contribution in [1.29, 1.82) is 0 Å². The third-order valence-corrected chi connectivity index (χ3v) is 11.0. The van der Waals surface area contributed by atoms with Crippen molar-refractivity contribution in [2.45, 2.75) is 111 Å². The minimum Gasteiger partial charge on any atom is -0.492 e.